The molecule has 0 aromatic heterocycles. The highest BCUT2D eigenvalue weighted by atomic mass is 16.1. The van der Waals surface area contributed by atoms with Crippen LogP contribution in [0.2, 0.25) is 0 Å². The lowest BCUT2D eigenvalue weighted by Gasteiger charge is -2.06. The second-order valence-electron chi connectivity index (χ2n) is 2.31. The maximum Gasteiger partial charge on any atom is 0.184 e. The van der Waals surface area contributed by atoms with Crippen LogP contribution in [0.3, 0.4) is 0 Å². The van der Waals surface area contributed by atoms with Gasteiger partial charge in [-0.1, -0.05) is 13.3 Å². The molecule has 1 atom stereocenters. The summed E-state index contributed by atoms with van der Waals surface area (Å²) in [5.41, 5.74) is 0. The summed E-state index contributed by atoms with van der Waals surface area (Å²) in [6.45, 7) is 2.05. The molecule has 3 nitrogen and oxygen atoms in total. The van der Waals surface area contributed by atoms with E-state index in [9.17, 15) is 4.79 Å². The Hall–Kier alpha value is -0.990. The predicted molar refractivity (Wildman–Crippen MR) is 40.4 cm³/mol. The molecule has 0 aliphatic carbocycles. The van der Waals surface area contributed by atoms with Gasteiger partial charge >= 0.3 is 0 Å². The maximum atomic E-state index is 10.9. The Balaban J connectivity index is 2.53. The van der Waals surface area contributed by atoms with Crippen LogP contribution >= 0.6 is 0 Å². The average Bonchev–Trinajstić information content (AvgIpc) is 1.94. The molecule has 1 aliphatic heterocycles. The Morgan fingerprint density at radius 2 is 2.40 bits per heavy atom. The molecular formula is C7H10N2O. The lowest BCUT2D eigenvalue weighted by atomic mass is 10.0. The van der Waals surface area contributed by atoms with Crippen molar-refractivity contribution in [3.8, 4) is 0 Å². The smallest absolute Gasteiger partial charge is 0.184 e. The summed E-state index contributed by atoms with van der Waals surface area (Å²) in [5, 5.41) is 7.14. The minimum atomic E-state index is -0.0116. The van der Waals surface area contributed by atoms with E-state index in [0.29, 0.717) is 0 Å². The Morgan fingerprint density at radius 1 is 1.60 bits per heavy atom. The molecule has 54 valence electrons. The predicted octanol–water partition coefficient (Wildman–Crippen LogP) is 1.04. The normalized spacial score (nSPS) is 23.7. The minimum absolute atomic E-state index is 0.0116. The second kappa shape index (κ2) is 3.25. The first-order valence-electron chi connectivity index (χ1n) is 3.45. The number of hydrogen-bond donors (Lipinski definition) is 0. The van der Waals surface area contributed by atoms with E-state index in [1.165, 1.54) is 6.21 Å². The quantitative estimate of drug-likeness (QED) is 0.562. The summed E-state index contributed by atoms with van der Waals surface area (Å²) in [6.07, 6.45) is 4.80. The number of rotatable bonds is 2. The molecule has 0 aromatic rings. The molecule has 0 spiro atoms. The molecule has 1 aliphatic rings. The van der Waals surface area contributed by atoms with Crippen LogP contribution in [0, 0.1) is 5.92 Å². The van der Waals surface area contributed by atoms with Gasteiger partial charge in [0.05, 0.1) is 12.1 Å². The van der Waals surface area contributed by atoms with Gasteiger partial charge in [0.1, 0.15) is 0 Å². The summed E-state index contributed by atoms with van der Waals surface area (Å²) >= 11 is 0. The van der Waals surface area contributed by atoms with Crippen molar-refractivity contribution in [1.82, 2.24) is 0 Å². The van der Waals surface area contributed by atoms with E-state index in [-0.39, 0.29) is 11.7 Å². The highest BCUT2D eigenvalue weighted by Crippen LogP contribution is 2.06. The summed E-state index contributed by atoms with van der Waals surface area (Å²) < 4.78 is 0. The molecule has 0 saturated heterocycles. The van der Waals surface area contributed by atoms with E-state index in [0.717, 1.165) is 12.8 Å². The van der Waals surface area contributed by atoms with Crippen LogP contribution in [-0.2, 0) is 4.79 Å². The van der Waals surface area contributed by atoms with Gasteiger partial charge in [-0.3, -0.25) is 4.79 Å². The molecule has 1 rings (SSSR count). The van der Waals surface area contributed by atoms with Crippen LogP contribution in [0.15, 0.2) is 10.2 Å². The molecule has 1 heterocycles. The highest BCUT2D eigenvalue weighted by Gasteiger charge is 2.14. The monoisotopic (exact) mass is 138 g/mol. The molecule has 3 heteroatoms. The van der Waals surface area contributed by atoms with E-state index in [2.05, 4.69) is 10.2 Å². The van der Waals surface area contributed by atoms with Crippen LogP contribution < -0.4 is 0 Å². The third-order valence-corrected chi connectivity index (χ3v) is 1.46. The standard InChI is InChI=1S/C7H10N2O/c1-2-3-6-4-8-9-5-7(6)10/h4-6H,2-3H2,1H3. The summed E-state index contributed by atoms with van der Waals surface area (Å²) in [5.74, 6) is 0.0688. The number of ketones is 1. The van der Waals surface area contributed by atoms with Gasteiger partial charge in [-0.15, -0.1) is 0 Å². The first kappa shape index (κ1) is 7.12. The minimum Gasteiger partial charge on any atom is -0.292 e. The molecule has 0 radical (unpaired) electrons. The number of carbonyl (C=O) groups excluding carboxylic acids is 1. The van der Waals surface area contributed by atoms with Gasteiger partial charge in [0.25, 0.3) is 0 Å². The van der Waals surface area contributed by atoms with E-state index in [1.54, 1.807) is 6.21 Å². The summed E-state index contributed by atoms with van der Waals surface area (Å²) in [6, 6.07) is 0. The van der Waals surface area contributed by atoms with Crippen LogP contribution in [0.4, 0.5) is 0 Å². The first-order valence-corrected chi connectivity index (χ1v) is 3.45. The lowest BCUT2D eigenvalue weighted by molar-refractivity contribution is -0.114. The fourth-order valence-electron chi connectivity index (χ4n) is 0.906. The Labute approximate surface area is 59.8 Å². The Morgan fingerprint density at radius 3 is 3.00 bits per heavy atom. The van der Waals surface area contributed by atoms with Gasteiger partial charge in [0.2, 0.25) is 0 Å². The highest BCUT2D eigenvalue weighted by molar-refractivity contribution is 6.32. The van der Waals surface area contributed by atoms with Gasteiger partial charge < -0.3 is 0 Å². The molecule has 0 saturated carbocycles. The lowest BCUT2D eigenvalue weighted by Crippen LogP contribution is -2.19. The van der Waals surface area contributed by atoms with Crippen LogP contribution in [-0.4, -0.2) is 18.2 Å². The number of hydrogen-bond acceptors (Lipinski definition) is 3. The van der Waals surface area contributed by atoms with Crippen molar-refractivity contribution in [2.45, 2.75) is 19.8 Å². The molecule has 0 aromatic carbocycles. The Kier molecular flexibility index (Phi) is 2.31. The topological polar surface area (TPSA) is 41.8 Å². The fraction of sp³-hybridized carbons (Fsp3) is 0.571. The van der Waals surface area contributed by atoms with Crippen LogP contribution in [0.5, 0.6) is 0 Å². The zero-order valence-electron chi connectivity index (χ0n) is 5.95. The number of nitrogens with zero attached hydrogens (tertiary/aromatic N) is 2. The van der Waals surface area contributed by atoms with Crippen LogP contribution in [0.1, 0.15) is 19.8 Å². The zero-order valence-corrected chi connectivity index (χ0v) is 5.95. The van der Waals surface area contributed by atoms with Gasteiger partial charge in [-0.25, -0.2) is 0 Å². The summed E-state index contributed by atoms with van der Waals surface area (Å²) in [4.78, 5) is 10.9. The van der Waals surface area contributed by atoms with Gasteiger partial charge in [-0.05, 0) is 6.42 Å². The molecule has 10 heavy (non-hydrogen) atoms. The molecule has 1 unspecified atom stereocenters. The van der Waals surface area contributed by atoms with Crippen molar-refractivity contribution in [2.24, 2.45) is 16.1 Å². The SMILES string of the molecule is CCCC1C=NN=CC1=O. The zero-order chi connectivity index (χ0) is 7.40. The van der Waals surface area contributed by atoms with Gasteiger partial charge in [0, 0.05) is 6.21 Å². The second-order valence-corrected chi connectivity index (χ2v) is 2.31. The van der Waals surface area contributed by atoms with Gasteiger partial charge in [-0.2, -0.15) is 10.2 Å². The average molecular weight is 138 g/mol. The van der Waals surface area contributed by atoms with Crippen molar-refractivity contribution in [3.63, 3.8) is 0 Å². The molecule has 0 fully saturated rings. The fourth-order valence-corrected chi connectivity index (χ4v) is 0.906. The van der Waals surface area contributed by atoms with Gasteiger partial charge in [0.15, 0.2) is 5.78 Å². The van der Waals surface area contributed by atoms with Crippen molar-refractivity contribution in [2.75, 3.05) is 0 Å². The first-order chi connectivity index (χ1) is 4.84. The summed E-state index contributed by atoms with van der Waals surface area (Å²) in [7, 11) is 0. The van der Waals surface area contributed by atoms with Crippen molar-refractivity contribution >= 4 is 18.2 Å². The molecular weight excluding hydrogens is 128 g/mol. The third-order valence-electron chi connectivity index (χ3n) is 1.46. The van der Waals surface area contributed by atoms with E-state index < -0.39 is 0 Å². The number of carbonyl (C=O) groups is 1. The van der Waals surface area contributed by atoms with Crippen LogP contribution in [0.25, 0.3) is 0 Å². The molecule has 0 bridgehead atoms. The van der Waals surface area contributed by atoms with Crippen molar-refractivity contribution in [1.29, 1.82) is 0 Å². The van der Waals surface area contributed by atoms with E-state index >= 15 is 0 Å². The Bertz CT molecular complexity index is 184. The third kappa shape index (κ3) is 1.50. The molecule has 0 amide bonds. The number of Topliss-reactive ketones (excluding diaryl/α,β-unsaturated/α-hetero) is 1. The largest absolute Gasteiger partial charge is 0.292 e. The van der Waals surface area contributed by atoms with E-state index in [4.69, 9.17) is 0 Å². The molecule has 0 N–H and O–H groups in total. The maximum absolute atomic E-state index is 10.9. The van der Waals surface area contributed by atoms with E-state index in [1.807, 2.05) is 6.92 Å². The van der Waals surface area contributed by atoms with Crippen molar-refractivity contribution < 1.29 is 4.79 Å². The van der Waals surface area contributed by atoms with Crippen molar-refractivity contribution in [3.05, 3.63) is 0 Å².